The number of nitrogens with two attached hydrogens (primary N) is 1. The van der Waals surface area contributed by atoms with Crippen molar-refractivity contribution in [2.24, 2.45) is 0 Å². The molecular weight excluding hydrogens is 613 g/mol. The van der Waals surface area contributed by atoms with E-state index in [0.29, 0.717) is 43.2 Å². The first kappa shape index (κ1) is 31.2. The molecule has 3 fully saturated rings. The molecule has 3 atom stereocenters. The van der Waals surface area contributed by atoms with Crippen LogP contribution in [0.3, 0.4) is 0 Å². The molecule has 4 aliphatic rings. The van der Waals surface area contributed by atoms with Crippen LogP contribution < -0.4 is 15.4 Å². The molecule has 0 amide bonds. The van der Waals surface area contributed by atoms with Gasteiger partial charge < -0.3 is 30.0 Å². The number of ether oxygens (including phenoxy) is 3. The van der Waals surface area contributed by atoms with Crippen LogP contribution in [0.4, 0.5) is 33.5 Å². The molecule has 9 nitrogen and oxygen atoms in total. The van der Waals surface area contributed by atoms with Gasteiger partial charge in [0.2, 0.25) is 0 Å². The first-order chi connectivity index (χ1) is 20.7. The predicted molar refractivity (Wildman–Crippen MR) is 151 cm³/mol. The maximum absolute atomic E-state index is 14.1. The summed E-state index contributed by atoms with van der Waals surface area (Å²) in [6.45, 7) is 3.34. The normalized spacial score (nSPS) is 27.7. The van der Waals surface area contributed by atoms with Crippen molar-refractivity contribution in [3.05, 3.63) is 51.2 Å². The molecule has 2 aromatic rings. The van der Waals surface area contributed by atoms with Gasteiger partial charge in [-0.25, -0.2) is 0 Å². The summed E-state index contributed by atoms with van der Waals surface area (Å²) in [6, 6.07) is 2.22. The van der Waals surface area contributed by atoms with Crippen LogP contribution in [0.15, 0.2) is 23.8 Å². The molecule has 1 aromatic carbocycles. The molecule has 240 valence electrons. The molecule has 0 bridgehead atoms. The molecule has 1 aromatic heterocycles. The summed E-state index contributed by atoms with van der Waals surface area (Å²) in [4.78, 5) is 13.1. The lowest BCUT2D eigenvalue weighted by Gasteiger charge is -2.34. The number of rotatable bonds is 5. The number of alkyl halides is 3. The molecular formula is C29H33ClF5N5O4. The van der Waals surface area contributed by atoms with Crippen LogP contribution in [-0.4, -0.2) is 77.1 Å². The molecule has 3 saturated heterocycles. The highest BCUT2D eigenvalue weighted by molar-refractivity contribution is 6.31. The molecule has 6 rings (SSSR count). The molecule has 0 saturated carbocycles. The van der Waals surface area contributed by atoms with Crippen LogP contribution in [0.2, 0.25) is 5.02 Å². The van der Waals surface area contributed by atoms with E-state index >= 15 is 0 Å². The van der Waals surface area contributed by atoms with Gasteiger partial charge in [-0.3, -0.25) is 4.90 Å². The highest BCUT2D eigenvalue weighted by atomic mass is 35.5. The van der Waals surface area contributed by atoms with Gasteiger partial charge in [0.05, 0.1) is 54.3 Å². The number of benzene rings is 1. The third-order valence-corrected chi connectivity index (χ3v) is 9.08. The summed E-state index contributed by atoms with van der Waals surface area (Å²) in [7, 11) is 0. The maximum Gasteiger partial charge on any atom is 0.418 e. The van der Waals surface area contributed by atoms with Crippen molar-refractivity contribution in [1.82, 2.24) is 14.9 Å². The van der Waals surface area contributed by atoms with Gasteiger partial charge in [0.1, 0.15) is 18.0 Å². The predicted octanol–water partition coefficient (Wildman–Crippen LogP) is 4.90. The van der Waals surface area contributed by atoms with Crippen molar-refractivity contribution in [3.63, 3.8) is 0 Å². The standard InChI is InChI=1S/C29H33ClF5N5O4/c1-27(41)13-39(5-6-42-14-27)25-19-12-43-22(18-7-17(36)8-20(30)23(18)29(33,34)35)9-21(19)37-26(38-25)44-15-28-3-2-4-40(28)11-16(10-28)24(31)32/h7-8,22,41H,2-6,9-15,36H2,1H3/t22-,27-,28-/m0/s1. The van der Waals surface area contributed by atoms with E-state index in [4.69, 9.17) is 31.5 Å². The highest BCUT2D eigenvalue weighted by Gasteiger charge is 2.48. The van der Waals surface area contributed by atoms with Gasteiger partial charge in [-0.2, -0.15) is 31.9 Å². The van der Waals surface area contributed by atoms with E-state index in [0.717, 1.165) is 12.5 Å². The van der Waals surface area contributed by atoms with Gasteiger partial charge in [-0.1, -0.05) is 11.6 Å². The monoisotopic (exact) mass is 645 g/mol. The molecule has 15 heteroatoms. The SMILES string of the molecule is C[C@@]1(O)COCCN(c2nc(OC[C@@]34CCCN3CC(=C(F)F)C4)nc3c2CO[C@H](c2cc(N)cc(Cl)c2C(F)(F)F)C3)C1. The number of fused-ring (bicyclic) bond motifs is 2. The van der Waals surface area contributed by atoms with E-state index in [1.54, 1.807) is 6.92 Å². The van der Waals surface area contributed by atoms with E-state index in [9.17, 15) is 27.1 Å². The van der Waals surface area contributed by atoms with Gasteiger partial charge in [0.25, 0.3) is 6.08 Å². The number of nitrogens with zero attached hydrogens (tertiary/aromatic N) is 4. The minimum absolute atomic E-state index is 0.0368. The summed E-state index contributed by atoms with van der Waals surface area (Å²) >= 11 is 6.01. The minimum atomic E-state index is -4.76. The molecule has 0 radical (unpaired) electrons. The Morgan fingerprint density at radius 2 is 2.05 bits per heavy atom. The summed E-state index contributed by atoms with van der Waals surface area (Å²) < 4.78 is 87.0. The van der Waals surface area contributed by atoms with Gasteiger partial charge in [0.15, 0.2) is 0 Å². The second-order valence-corrected chi connectivity index (χ2v) is 12.7. The number of halogens is 6. The van der Waals surface area contributed by atoms with Crippen LogP contribution in [-0.2, 0) is 28.7 Å². The zero-order valence-electron chi connectivity index (χ0n) is 24.0. The lowest BCUT2D eigenvalue weighted by Crippen LogP contribution is -2.44. The van der Waals surface area contributed by atoms with Gasteiger partial charge >= 0.3 is 12.2 Å². The molecule has 4 aliphatic heterocycles. The van der Waals surface area contributed by atoms with Crippen LogP contribution in [0.5, 0.6) is 6.01 Å². The van der Waals surface area contributed by atoms with Crippen LogP contribution >= 0.6 is 11.6 Å². The fourth-order valence-corrected chi connectivity index (χ4v) is 7.15. The third kappa shape index (κ3) is 6.06. The Morgan fingerprint density at radius 3 is 2.80 bits per heavy atom. The number of anilines is 2. The van der Waals surface area contributed by atoms with Crippen molar-refractivity contribution in [2.75, 3.05) is 56.6 Å². The van der Waals surface area contributed by atoms with Crippen molar-refractivity contribution in [2.45, 2.75) is 62.6 Å². The summed E-state index contributed by atoms with van der Waals surface area (Å²) in [5.41, 5.74) is 3.91. The minimum Gasteiger partial charge on any atom is -0.461 e. The fourth-order valence-electron chi connectivity index (χ4n) is 6.81. The zero-order chi connectivity index (χ0) is 31.4. The molecule has 0 unspecified atom stereocenters. The average Bonchev–Trinajstić information content (AvgIpc) is 3.43. The molecule has 0 spiro atoms. The molecule has 5 heterocycles. The second kappa shape index (κ2) is 11.5. The average molecular weight is 646 g/mol. The van der Waals surface area contributed by atoms with E-state index in [-0.39, 0.29) is 68.6 Å². The van der Waals surface area contributed by atoms with Crippen LogP contribution in [0, 0.1) is 0 Å². The third-order valence-electron chi connectivity index (χ3n) is 8.78. The zero-order valence-corrected chi connectivity index (χ0v) is 24.8. The van der Waals surface area contributed by atoms with E-state index in [1.165, 1.54) is 6.07 Å². The van der Waals surface area contributed by atoms with E-state index in [2.05, 4.69) is 9.97 Å². The van der Waals surface area contributed by atoms with Crippen LogP contribution in [0.25, 0.3) is 0 Å². The lowest BCUT2D eigenvalue weighted by molar-refractivity contribution is -0.139. The quantitative estimate of drug-likeness (QED) is 0.347. The Kier molecular flexibility index (Phi) is 8.19. The number of β-amino-alcohol motifs (C(OH)–C–C–N with tert-alkyl or cyclic N) is 1. The lowest BCUT2D eigenvalue weighted by atomic mass is 9.93. The Morgan fingerprint density at radius 1 is 1.25 bits per heavy atom. The molecule has 44 heavy (non-hydrogen) atoms. The van der Waals surface area contributed by atoms with Gasteiger partial charge in [-0.15, -0.1) is 0 Å². The molecule has 0 aliphatic carbocycles. The molecule has 3 N–H and O–H groups in total. The van der Waals surface area contributed by atoms with Crippen LogP contribution in [0.1, 0.15) is 54.7 Å². The first-order valence-corrected chi connectivity index (χ1v) is 14.8. The number of hydrogen-bond donors (Lipinski definition) is 2. The summed E-state index contributed by atoms with van der Waals surface area (Å²) in [5.74, 6) is 0.401. The Hall–Kier alpha value is -2.78. The first-order valence-electron chi connectivity index (χ1n) is 14.4. The smallest absolute Gasteiger partial charge is 0.418 e. The summed E-state index contributed by atoms with van der Waals surface area (Å²) in [5, 5.41) is 10.3. The number of aliphatic hydroxyl groups is 1. The van der Waals surface area contributed by atoms with Crippen molar-refractivity contribution in [3.8, 4) is 6.01 Å². The number of hydrogen-bond acceptors (Lipinski definition) is 9. The Balaban J connectivity index is 1.37. The Bertz CT molecular complexity index is 1470. The van der Waals surface area contributed by atoms with Gasteiger partial charge in [0, 0.05) is 36.3 Å². The van der Waals surface area contributed by atoms with E-state index in [1.807, 2.05) is 9.80 Å². The maximum atomic E-state index is 14.1. The largest absolute Gasteiger partial charge is 0.461 e. The fraction of sp³-hybridized carbons (Fsp3) is 0.586. The van der Waals surface area contributed by atoms with Crippen molar-refractivity contribution < 1.29 is 41.3 Å². The second-order valence-electron chi connectivity index (χ2n) is 12.3. The van der Waals surface area contributed by atoms with E-state index < -0.39 is 40.1 Å². The van der Waals surface area contributed by atoms with Crippen molar-refractivity contribution in [1.29, 1.82) is 0 Å². The van der Waals surface area contributed by atoms with Crippen molar-refractivity contribution >= 4 is 23.1 Å². The number of aromatic nitrogens is 2. The number of nitrogen functional groups attached to an aromatic ring is 1. The van der Waals surface area contributed by atoms with Gasteiger partial charge in [-0.05, 0) is 50.4 Å². The highest BCUT2D eigenvalue weighted by Crippen LogP contribution is 2.46. The summed E-state index contributed by atoms with van der Waals surface area (Å²) in [6.07, 6.45) is -5.90. The Labute approximate surface area is 255 Å². The topological polar surface area (TPSA) is 106 Å².